The molecule has 3 heterocycles. The SMILES string of the molecule is Cc1cc(N(C)C2CC3(CCN(Cc4cc(C)on4)C3)C2)ncn1. The summed E-state index contributed by atoms with van der Waals surface area (Å²) >= 11 is 0. The van der Waals surface area contributed by atoms with E-state index in [2.05, 4.69) is 38.0 Å². The highest BCUT2D eigenvalue weighted by atomic mass is 16.5. The summed E-state index contributed by atoms with van der Waals surface area (Å²) < 4.78 is 5.18. The molecule has 4 rings (SSSR count). The second kappa shape index (κ2) is 5.84. The Balaban J connectivity index is 1.33. The molecule has 1 saturated carbocycles. The third-order valence-electron chi connectivity index (χ3n) is 5.62. The van der Waals surface area contributed by atoms with E-state index in [1.807, 2.05) is 19.9 Å². The zero-order valence-electron chi connectivity index (χ0n) is 14.7. The highest BCUT2D eigenvalue weighted by Gasteiger charge is 2.49. The summed E-state index contributed by atoms with van der Waals surface area (Å²) in [6, 6.07) is 4.70. The largest absolute Gasteiger partial charge is 0.361 e. The molecule has 0 bridgehead atoms. The minimum absolute atomic E-state index is 0.486. The summed E-state index contributed by atoms with van der Waals surface area (Å²) in [7, 11) is 2.16. The Labute approximate surface area is 142 Å². The van der Waals surface area contributed by atoms with Gasteiger partial charge in [-0.1, -0.05) is 5.16 Å². The second-order valence-electron chi connectivity index (χ2n) is 7.58. The van der Waals surface area contributed by atoms with Crippen molar-refractivity contribution in [3.63, 3.8) is 0 Å². The summed E-state index contributed by atoms with van der Waals surface area (Å²) in [6.07, 6.45) is 5.45. The maximum Gasteiger partial charge on any atom is 0.133 e. The van der Waals surface area contributed by atoms with Crippen LogP contribution in [0.5, 0.6) is 0 Å². The van der Waals surface area contributed by atoms with Crippen molar-refractivity contribution in [3.8, 4) is 0 Å². The monoisotopic (exact) mass is 327 g/mol. The van der Waals surface area contributed by atoms with Gasteiger partial charge in [-0.25, -0.2) is 9.97 Å². The lowest BCUT2D eigenvalue weighted by molar-refractivity contribution is 0.106. The summed E-state index contributed by atoms with van der Waals surface area (Å²) in [6.45, 7) is 7.21. The molecule has 1 spiro atoms. The Bertz CT molecular complexity index is 722. The van der Waals surface area contributed by atoms with E-state index in [1.54, 1.807) is 6.33 Å². The van der Waals surface area contributed by atoms with E-state index < -0.39 is 0 Å². The first-order chi connectivity index (χ1) is 11.5. The van der Waals surface area contributed by atoms with E-state index >= 15 is 0 Å². The van der Waals surface area contributed by atoms with Crippen LogP contribution in [-0.4, -0.2) is 46.2 Å². The molecule has 2 aliphatic rings. The first-order valence-electron chi connectivity index (χ1n) is 8.69. The van der Waals surface area contributed by atoms with Crippen molar-refractivity contribution in [3.05, 3.63) is 35.6 Å². The van der Waals surface area contributed by atoms with Crippen LogP contribution >= 0.6 is 0 Å². The quantitative estimate of drug-likeness (QED) is 0.860. The number of hydrogen-bond acceptors (Lipinski definition) is 6. The van der Waals surface area contributed by atoms with E-state index in [0.29, 0.717) is 11.5 Å². The minimum Gasteiger partial charge on any atom is -0.361 e. The number of aryl methyl sites for hydroxylation is 2. The van der Waals surface area contributed by atoms with Gasteiger partial charge in [-0.15, -0.1) is 0 Å². The van der Waals surface area contributed by atoms with Gasteiger partial charge in [0.15, 0.2) is 0 Å². The summed E-state index contributed by atoms with van der Waals surface area (Å²) in [5.74, 6) is 1.93. The van der Waals surface area contributed by atoms with Crippen LogP contribution in [-0.2, 0) is 6.54 Å². The van der Waals surface area contributed by atoms with Crippen molar-refractivity contribution in [2.45, 2.75) is 45.7 Å². The number of nitrogens with zero attached hydrogens (tertiary/aromatic N) is 5. The Morgan fingerprint density at radius 1 is 1.29 bits per heavy atom. The molecule has 1 saturated heterocycles. The maximum absolute atomic E-state index is 5.18. The van der Waals surface area contributed by atoms with Crippen molar-refractivity contribution in [1.29, 1.82) is 0 Å². The van der Waals surface area contributed by atoms with E-state index in [9.17, 15) is 0 Å². The normalized spacial score (nSPS) is 26.7. The Morgan fingerprint density at radius 2 is 2.12 bits per heavy atom. The van der Waals surface area contributed by atoms with Gasteiger partial charge in [-0.05, 0) is 45.1 Å². The standard InChI is InChI=1S/C18H25N5O/c1-13-6-17(20-12-19-13)22(3)16-8-18(9-16)4-5-23(11-18)10-15-7-14(2)24-21-15/h6-7,12,16H,4-5,8-11H2,1-3H3. The van der Waals surface area contributed by atoms with Crippen molar-refractivity contribution >= 4 is 5.82 Å². The average Bonchev–Trinajstić information content (AvgIpc) is 3.12. The molecule has 0 N–H and O–H groups in total. The smallest absolute Gasteiger partial charge is 0.133 e. The molecular weight excluding hydrogens is 302 g/mol. The van der Waals surface area contributed by atoms with Crippen molar-refractivity contribution in [1.82, 2.24) is 20.0 Å². The van der Waals surface area contributed by atoms with Crippen LogP contribution in [0.4, 0.5) is 5.82 Å². The van der Waals surface area contributed by atoms with Crippen LogP contribution < -0.4 is 4.90 Å². The number of likely N-dealkylation sites (tertiary alicyclic amines) is 1. The van der Waals surface area contributed by atoms with Gasteiger partial charge in [0.1, 0.15) is 17.9 Å². The number of anilines is 1. The number of aromatic nitrogens is 3. The summed E-state index contributed by atoms with van der Waals surface area (Å²) in [5, 5.41) is 4.12. The fraction of sp³-hybridized carbons (Fsp3) is 0.611. The molecule has 6 nitrogen and oxygen atoms in total. The molecular formula is C18H25N5O. The Hall–Kier alpha value is -1.95. The van der Waals surface area contributed by atoms with Crippen molar-refractivity contribution in [2.75, 3.05) is 25.0 Å². The third kappa shape index (κ3) is 2.90. The molecule has 1 aliphatic heterocycles. The molecule has 2 aromatic heterocycles. The molecule has 1 aliphatic carbocycles. The lowest BCUT2D eigenvalue weighted by atomic mass is 9.64. The molecule has 0 radical (unpaired) electrons. The molecule has 2 aromatic rings. The summed E-state index contributed by atoms with van der Waals surface area (Å²) in [4.78, 5) is 13.4. The predicted octanol–water partition coefficient (Wildman–Crippen LogP) is 2.57. The second-order valence-corrected chi connectivity index (χ2v) is 7.58. The van der Waals surface area contributed by atoms with Gasteiger partial charge < -0.3 is 9.42 Å². The average molecular weight is 327 g/mol. The zero-order chi connectivity index (χ0) is 16.7. The number of hydrogen-bond donors (Lipinski definition) is 0. The van der Waals surface area contributed by atoms with Crippen LogP contribution in [0.25, 0.3) is 0 Å². The van der Waals surface area contributed by atoms with Gasteiger partial charge in [0.05, 0.1) is 5.69 Å². The zero-order valence-corrected chi connectivity index (χ0v) is 14.7. The fourth-order valence-corrected chi connectivity index (χ4v) is 4.25. The van der Waals surface area contributed by atoms with Gasteiger partial charge in [-0.3, -0.25) is 4.90 Å². The van der Waals surface area contributed by atoms with Gasteiger partial charge in [0.2, 0.25) is 0 Å². The predicted molar refractivity (Wildman–Crippen MR) is 91.8 cm³/mol. The van der Waals surface area contributed by atoms with Crippen LogP contribution in [0.2, 0.25) is 0 Å². The topological polar surface area (TPSA) is 58.3 Å². The molecule has 0 aromatic carbocycles. The van der Waals surface area contributed by atoms with Crippen LogP contribution in [0.3, 0.4) is 0 Å². The lowest BCUT2D eigenvalue weighted by Gasteiger charge is -2.49. The number of rotatable bonds is 4. The minimum atomic E-state index is 0.486. The van der Waals surface area contributed by atoms with E-state index in [4.69, 9.17) is 4.52 Å². The van der Waals surface area contributed by atoms with Gasteiger partial charge >= 0.3 is 0 Å². The molecule has 24 heavy (non-hydrogen) atoms. The molecule has 2 fully saturated rings. The van der Waals surface area contributed by atoms with E-state index in [1.165, 1.54) is 25.8 Å². The molecule has 128 valence electrons. The van der Waals surface area contributed by atoms with E-state index in [-0.39, 0.29) is 0 Å². The molecule has 6 heteroatoms. The van der Waals surface area contributed by atoms with Gasteiger partial charge in [-0.2, -0.15) is 0 Å². The first-order valence-corrected chi connectivity index (χ1v) is 8.69. The van der Waals surface area contributed by atoms with Gasteiger partial charge in [0.25, 0.3) is 0 Å². The van der Waals surface area contributed by atoms with Crippen LogP contribution in [0, 0.1) is 19.3 Å². The van der Waals surface area contributed by atoms with Crippen LogP contribution in [0.15, 0.2) is 23.0 Å². The first kappa shape index (κ1) is 15.6. The van der Waals surface area contributed by atoms with Crippen molar-refractivity contribution < 1.29 is 4.52 Å². The highest BCUT2D eigenvalue weighted by molar-refractivity contribution is 5.40. The highest BCUT2D eigenvalue weighted by Crippen LogP contribution is 2.50. The Morgan fingerprint density at radius 3 is 2.83 bits per heavy atom. The Kier molecular flexibility index (Phi) is 3.79. The summed E-state index contributed by atoms with van der Waals surface area (Å²) in [5.41, 5.74) is 2.56. The van der Waals surface area contributed by atoms with E-state index in [0.717, 1.165) is 36.1 Å². The molecule has 0 amide bonds. The fourth-order valence-electron chi connectivity index (χ4n) is 4.25. The lowest BCUT2D eigenvalue weighted by Crippen LogP contribution is -2.51. The van der Waals surface area contributed by atoms with Gasteiger partial charge in [0, 0.05) is 44.0 Å². The van der Waals surface area contributed by atoms with Crippen LogP contribution in [0.1, 0.15) is 36.4 Å². The molecule has 0 atom stereocenters. The molecule has 0 unspecified atom stereocenters. The maximum atomic E-state index is 5.18. The van der Waals surface area contributed by atoms with Crippen molar-refractivity contribution in [2.24, 2.45) is 5.41 Å². The third-order valence-corrected chi connectivity index (χ3v) is 5.62.